The zero-order valence-electron chi connectivity index (χ0n) is 11.7. The largest absolute Gasteiger partial charge is 0.455 e. The van der Waals surface area contributed by atoms with Crippen LogP contribution >= 0.6 is 0 Å². The number of hydrogen-bond donors (Lipinski definition) is 0. The Morgan fingerprint density at radius 3 is 2.24 bits per heavy atom. The number of hydrogen-bond acceptors (Lipinski definition) is 2. The van der Waals surface area contributed by atoms with Gasteiger partial charge in [-0.2, -0.15) is 4.39 Å². The number of carbonyl (C=O) groups is 1. The fourth-order valence-electron chi connectivity index (χ4n) is 1.42. The van der Waals surface area contributed by atoms with Crippen LogP contribution in [0.2, 0.25) is 0 Å². The molecular formula is C14H25FO2. The first-order valence-electron chi connectivity index (χ1n) is 6.36. The Labute approximate surface area is 104 Å². The molecule has 0 spiro atoms. The average Bonchev–Trinajstić information content (AvgIpc) is 2.20. The Kier molecular flexibility index (Phi) is 7.09. The lowest BCUT2D eigenvalue weighted by Gasteiger charge is -2.19. The lowest BCUT2D eigenvalue weighted by atomic mass is 10.1. The van der Waals surface area contributed by atoms with E-state index < -0.39 is 17.4 Å². The van der Waals surface area contributed by atoms with Crippen LogP contribution in [0.15, 0.2) is 11.4 Å². The highest BCUT2D eigenvalue weighted by atomic mass is 19.1. The quantitative estimate of drug-likeness (QED) is 0.389. The molecule has 100 valence electrons. The number of halogens is 1. The molecule has 0 fully saturated rings. The fourth-order valence-corrected chi connectivity index (χ4v) is 1.42. The molecular weight excluding hydrogens is 219 g/mol. The molecule has 0 aliphatic carbocycles. The zero-order valence-corrected chi connectivity index (χ0v) is 11.7. The number of carbonyl (C=O) groups excluding carboxylic acids is 1. The molecule has 0 aliphatic rings. The van der Waals surface area contributed by atoms with Crippen molar-refractivity contribution in [3.8, 4) is 0 Å². The molecule has 0 aromatic heterocycles. The third kappa shape index (κ3) is 7.94. The summed E-state index contributed by atoms with van der Waals surface area (Å²) in [6.07, 6.45) is 4.94. The van der Waals surface area contributed by atoms with Gasteiger partial charge in [0, 0.05) is 0 Å². The van der Waals surface area contributed by atoms with Crippen molar-refractivity contribution in [3.05, 3.63) is 11.4 Å². The molecule has 0 amide bonds. The summed E-state index contributed by atoms with van der Waals surface area (Å²) >= 11 is 0. The topological polar surface area (TPSA) is 26.3 Å². The first kappa shape index (κ1) is 16.1. The van der Waals surface area contributed by atoms with Gasteiger partial charge in [-0.3, -0.25) is 0 Å². The highest BCUT2D eigenvalue weighted by molar-refractivity contribution is 5.87. The van der Waals surface area contributed by atoms with Gasteiger partial charge in [0.15, 0.2) is 0 Å². The Morgan fingerprint density at radius 2 is 1.76 bits per heavy atom. The molecule has 0 aliphatic heterocycles. The first-order chi connectivity index (χ1) is 7.78. The summed E-state index contributed by atoms with van der Waals surface area (Å²) in [5, 5.41) is 0. The third-order valence-electron chi connectivity index (χ3n) is 2.36. The van der Waals surface area contributed by atoms with Gasteiger partial charge in [0.1, 0.15) is 5.60 Å². The number of esters is 1. The van der Waals surface area contributed by atoms with Crippen LogP contribution in [0.1, 0.15) is 66.7 Å². The van der Waals surface area contributed by atoms with Crippen LogP contribution in [0.5, 0.6) is 0 Å². The molecule has 0 unspecified atom stereocenters. The lowest BCUT2D eigenvalue weighted by molar-refractivity contribution is -0.151. The molecule has 0 rings (SSSR count). The smallest absolute Gasteiger partial charge is 0.367 e. The van der Waals surface area contributed by atoms with E-state index in [4.69, 9.17) is 4.74 Å². The maximum atomic E-state index is 13.6. The van der Waals surface area contributed by atoms with Crippen LogP contribution in [-0.4, -0.2) is 11.6 Å². The van der Waals surface area contributed by atoms with Crippen molar-refractivity contribution in [2.75, 3.05) is 0 Å². The van der Waals surface area contributed by atoms with E-state index in [-0.39, 0.29) is 0 Å². The Morgan fingerprint density at radius 1 is 1.18 bits per heavy atom. The summed E-state index contributed by atoms with van der Waals surface area (Å²) in [5.74, 6) is -1.57. The zero-order chi connectivity index (χ0) is 13.5. The van der Waals surface area contributed by atoms with E-state index >= 15 is 0 Å². The molecule has 0 radical (unpaired) electrons. The Hall–Kier alpha value is -0.860. The van der Waals surface area contributed by atoms with Crippen molar-refractivity contribution in [1.82, 2.24) is 0 Å². The fraction of sp³-hybridized carbons (Fsp3) is 0.786. The SMILES string of the molecule is CCCCCC/C(C)=C(\F)C(=O)OC(C)(C)C. The van der Waals surface area contributed by atoms with Crippen LogP contribution in [0.4, 0.5) is 4.39 Å². The molecule has 0 N–H and O–H groups in total. The van der Waals surface area contributed by atoms with E-state index in [1.165, 1.54) is 0 Å². The monoisotopic (exact) mass is 244 g/mol. The van der Waals surface area contributed by atoms with Crippen molar-refractivity contribution in [2.45, 2.75) is 72.3 Å². The molecule has 0 aromatic rings. The second-order valence-electron chi connectivity index (χ2n) is 5.41. The highest BCUT2D eigenvalue weighted by Gasteiger charge is 2.21. The van der Waals surface area contributed by atoms with Crippen LogP contribution in [-0.2, 0) is 9.53 Å². The van der Waals surface area contributed by atoms with Crippen molar-refractivity contribution in [2.24, 2.45) is 0 Å². The van der Waals surface area contributed by atoms with Crippen molar-refractivity contribution >= 4 is 5.97 Å². The number of ether oxygens (including phenoxy) is 1. The van der Waals surface area contributed by atoms with Gasteiger partial charge in [-0.1, -0.05) is 26.2 Å². The summed E-state index contributed by atoms with van der Waals surface area (Å²) in [7, 11) is 0. The highest BCUT2D eigenvalue weighted by Crippen LogP contribution is 2.18. The van der Waals surface area contributed by atoms with Gasteiger partial charge >= 0.3 is 5.97 Å². The van der Waals surface area contributed by atoms with Gasteiger partial charge in [0.25, 0.3) is 0 Å². The predicted octanol–water partition coefficient (Wildman–Crippen LogP) is 4.54. The Balaban J connectivity index is 4.23. The van der Waals surface area contributed by atoms with Gasteiger partial charge in [-0.05, 0) is 46.1 Å². The summed E-state index contributed by atoms with van der Waals surface area (Å²) < 4.78 is 18.6. The van der Waals surface area contributed by atoms with Gasteiger partial charge in [0.05, 0.1) is 0 Å². The maximum absolute atomic E-state index is 13.6. The second-order valence-corrected chi connectivity index (χ2v) is 5.41. The molecule has 0 atom stereocenters. The first-order valence-corrected chi connectivity index (χ1v) is 6.36. The lowest BCUT2D eigenvalue weighted by Crippen LogP contribution is -2.24. The molecule has 2 nitrogen and oxygen atoms in total. The van der Waals surface area contributed by atoms with E-state index in [0.717, 1.165) is 25.7 Å². The molecule has 17 heavy (non-hydrogen) atoms. The predicted molar refractivity (Wildman–Crippen MR) is 68.4 cm³/mol. The van der Waals surface area contributed by atoms with Crippen molar-refractivity contribution in [1.29, 1.82) is 0 Å². The maximum Gasteiger partial charge on any atom is 0.367 e. The third-order valence-corrected chi connectivity index (χ3v) is 2.36. The molecule has 0 saturated heterocycles. The molecule has 0 saturated carbocycles. The van der Waals surface area contributed by atoms with E-state index in [0.29, 0.717) is 12.0 Å². The van der Waals surface area contributed by atoms with Crippen molar-refractivity contribution < 1.29 is 13.9 Å². The standard InChI is InChI=1S/C14H25FO2/c1-6-7-8-9-10-11(2)12(15)13(16)17-14(3,4)5/h6-10H2,1-5H3/b12-11-. The van der Waals surface area contributed by atoms with Crippen molar-refractivity contribution in [3.63, 3.8) is 0 Å². The summed E-state index contributed by atoms with van der Waals surface area (Å²) in [5.41, 5.74) is -0.146. The summed E-state index contributed by atoms with van der Waals surface area (Å²) in [6, 6.07) is 0. The van der Waals surface area contributed by atoms with Crippen LogP contribution < -0.4 is 0 Å². The number of unbranched alkanes of at least 4 members (excludes halogenated alkanes) is 3. The minimum absolute atomic E-state index is 0.496. The number of rotatable bonds is 6. The van der Waals surface area contributed by atoms with Crippen LogP contribution in [0.3, 0.4) is 0 Å². The summed E-state index contributed by atoms with van der Waals surface area (Å²) in [6.45, 7) is 8.98. The average molecular weight is 244 g/mol. The molecule has 3 heteroatoms. The van der Waals surface area contributed by atoms with E-state index in [1.54, 1.807) is 27.7 Å². The molecule has 0 bridgehead atoms. The second kappa shape index (κ2) is 7.46. The van der Waals surface area contributed by atoms with E-state index in [1.807, 2.05) is 0 Å². The molecule has 0 heterocycles. The number of allylic oxidation sites excluding steroid dienone is 1. The minimum atomic E-state index is -0.842. The van der Waals surface area contributed by atoms with E-state index in [9.17, 15) is 9.18 Å². The van der Waals surface area contributed by atoms with Gasteiger partial charge in [-0.25, -0.2) is 4.79 Å². The minimum Gasteiger partial charge on any atom is -0.455 e. The van der Waals surface area contributed by atoms with Gasteiger partial charge in [0.2, 0.25) is 5.83 Å². The molecule has 0 aromatic carbocycles. The Bertz CT molecular complexity index is 274. The summed E-state index contributed by atoms with van der Waals surface area (Å²) in [4.78, 5) is 11.4. The van der Waals surface area contributed by atoms with Crippen LogP contribution in [0.25, 0.3) is 0 Å². The van der Waals surface area contributed by atoms with Gasteiger partial charge < -0.3 is 4.74 Å². The van der Waals surface area contributed by atoms with E-state index in [2.05, 4.69) is 6.92 Å². The van der Waals surface area contributed by atoms with Crippen LogP contribution in [0, 0.1) is 0 Å². The normalized spacial score (nSPS) is 13.3. The van der Waals surface area contributed by atoms with Gasteiger partial charge in [-0.15, -0.1) is 0 Å².